The van der Waals surface area contributed by atoms with Gasteiger partial charge in [-0.15, -0.1) is 0 Å². The molecule has 0 rings (SSSR count). The lowest BCUT2D eigenvalue weighted by Gasteiger charge is -2.37. The van der Waals surface area contributed by atoms with Crippen molar-refractivity contribution in [1.29, 1.82) is 0 Å². The van der Waals surface area contributed by atoms with Crippen LogP contribution >= 0.6 is 0 Å². The lowest BCUT2D eigenvalue weighted by molar-refractivity contribution is -0.147. The van der Waals surface area contributed by atoms with Gasteiger partial charge in [-0.1, -0.05) is 47.5 Å². The molecule has 192 valence electrons. The fourth-order valence-electron chi connectivity index (χ4n) is 3.42. The van der Waals surface area contributed by atoms with E-state index in [-0.39, 0.29) is 30.5 Å². The second-order valence-corrected chi connectivity index (χ2v) is 9.78. The average Bonchev–Trinajstić information content (AvgIpc) is 2.70. The summed E-state index contributed by atoms with van der Waals surface area (Å²) in [5.74, 6) is -1.10. The van der Waals surface area contributed by atoms with Gasteiger partial charge in [-0.2, -0.15) is 0 Å². The highest BCUT2D eigenvalue weighted by Gasteiger charge is 2.39. The van der Waals surface area contributed by atoms with Crippen LogP contribution in [0.2, 0.25) is 0 Å². The van der Waals surface area contributed by atoms with Crippen LogP contribution in [0.25, 0.3) is 0 Å². The predicted molar refractivity (Wildman–Crippen MR) is 130 cm³/mol. The van der Waals surface area contributed by atoms with Gasteiger partial charge in [0.15, 0.2) is 0 Å². The van der Waals surface area contributed by atoms with Crippen LogP contribution in [0.4, 0.5) is 4.79 Å². The molecule has 0 radical (unpaired) electrons. The highest BCUT2D eigenvalue weighted by Crippen LogP contribution is 2.22. The van der Waals surface area contributed by atoms with Crippen LogP contribution in [0, 0.1) is 5.41 Å². The molecular formula is C24H46N4O5. The molecule has 4 amide bonds. The van der Waals surface area contributed by atoms with Gasteiger partial charge < -0.3 is 25.6 Å². The molecule has 9 nitrogen and oxygen atoms in total. The van der Waals surface area contributed by atoms with E-state index in [2.05, 4.69) is 22.9 Å². The summed E-state index contributed by atoms with van der Waals surface area (Å²) in [6.07, 6.45) is 2.97. The van der Waals surface area contributed by atoms with E-state index in [9.17, 15) is 19.2 Å². The summed E-state index contributed by atoms with van der Waals surface area (Å²) in [5, 5.41) is 8.03. The first kappa shape index (κ1) is 30.7. The van der Waals surface area contributed by atoms with E-state index in [1.807, 2.05) is 48.5 Å². The van der Waals surface area contributed by atoms with Crippen LogP contribution in [0.3, 0.4) is 0 Å². The zero-order valence-electron chi connectivity index (χ0n) is 22.0. The minimum Gasteiger partial charge on any atom is -0.461 e. The SMILES string of the molecule is CCCCC(C)OC(=O)CNC(=O)NC(C(=O)N(CC)C(CC)C(=O)NC(C)C)C(C)(C)C. The van der Waals surface area contributed by atoms with E-state index < -0.39 is 29.5 Å². The van der Waals surface area contributed by atoms with Crippen LogP contribution in [-0.4, -0.2) is 66.0 Å². The van der Waals surface area contributed by atoms with Crippen molar-refractivity contribution in [2.24, 2.45) is 5.41 Å². The molecule has 0 fully saturated rings. The van der Waals surface area contributed by atoms with E-state index in [0.717, 1.165) is 19.3 Å². The third-order valence-corrected chi connectivity index (χ3v) is 5.20. The van der Waals surface area contributed by atoms with Crippen molar-refractivity contribution in [2.75, 3.05) is 13.1 Å². The highest BCUT2D eigenvalue weighted by atomic mass is 16.5. The molecule has 33 heavy (non-hydrogen) atoms. The molecule has 3 unspecified atom stereocenters. The van der Waals surface area contributed by atoms with Gasteiger partial charge in [0.2, 0.25) is 11.8 Å². The number of carbonyl (C=O) groups excluding carboxylic acids is 4. The maximum Gasteiger partial charge on any atom is 0.325 e. The number of hydrogen-bond donors (Lipinski definition) is 3. The molecule has 0 aromatic heterocycles. The van der Waals surface area contributed by atoms with Crippen LogP contribution in [0.5, 0.6) is 0 Å². The molecule has 0 saturated heterocycles. The number of nitrogens with zero attached hydrogens (tertiary/aromatic N) is 1. The number of urea groups is 1. The number of likely N-dealkylation sites (N-methyl/N-ethyl adjacent to an activating group) is 1. The molecule has 0 spiro atoms. The fourth-order valence-corrected chi connectivity index (χ4v) is 3.42. The highest BCUT2D eigenvalue weighted by molar-refractivity contribution is 5.92. The summed E-state index contributed by atoms with van der Waals surface area (Å²) in [5.41, 5.74) is -0.621. The van der Waals surface area contributed by atoms with Crippen LogP contribution in [-0.2, 0) is 19.1 Å². The number of esters is 1. The van der Waals surface area contributed by atoms with Gasteiger partial charge in [0, 0.05) is 12.6 Å². The maximum absolute atomic E-state index is 13.4. The molecule has 3 N–H and O–H groups in total. The first-order valence-electron chi connectivity index (χ1n) is 12.1. The zero-order valence-corrected chi connectivity index (χ0v) is 22.0. The van der Waals surface area contributed by atoms with Crippen LogP contribution in [0.1, 0.15) is 88.0 Å². The molecule has 0 aromatic carbocycles. The van der Waals surface area contributed by atoms with E-state index in [0.29, 0.717) is 13.0 Å². The van der Waals surface area contributed by atoms with E-state index in [1.54, 1.807) is 6.92 Å². The standard InChI is InChI=1S/C24H46N4O5/c1-10-13-14-17(6)33-19(29)15-25-23(32)27-20(24(7,8)9)22(31)28(12-3)18(11-2)21(30)26-16(4)5/h16-18,20H,10-15H2,1-9H3,(H,26,30)(H2,25,27,32). The molecule has 0 saturated carbocycles. The van der Waals surface area contributed by atoms with E-state index in [1.165, 1.54) is 4.90 Å². The molecule has 9 heteroatoms. The van der Waals surface area contributed by atoms with Gasteiger partial charge in [0.1, 0.15) is 18.6 Å². The van der Waals surface area contributed by atoms with Crippen molar-refractivity contribution in [2.45, 2.75) is 112 Å². The second kappa shape index (κ2) is 14.8. The third kappa shape index (κ3) is 11.4. The molecule has 0 bridgehead atoms. The summed E-state index contributed by atoms with van der Waals surface area (Å²) in [7, 11) is 0. The number of hydrogen-bond acceptors (Lipinski definition) is 5. The van der Waals surface area contributed by atoms with Crippen molar-refractivity contribution >= 4 is 23.8 Å². The van der Waals surface area contributed by atoms with Gasteiger partial charge >= 0.3 is 12.0 Å². The Kier molecular flexibility index (Phi) is 13.7. The smallest absolute Gasteiger partial charge is 0.325 e. The fraction of sp³-hybridized carbons (Fsp3) is 0.833. The van der Waals surface area contributed by atoms with Crippen LogP contribution in [0.15, 0.2) is 0 Å². The average molecular weight is 471 g/mol. The zero-order chi connectivity index (χ0) is 25.8. The minimum atomic E-state index is -0.891. The lowest BCUT2D eigenvalue weighted by Crippen LogP contribution is -2.60. The molecule has 0 aliphatic heterocycles. The topological polar surface area (TPSA) is 117 Å². The maximum atomic E-state index is 13.4. The van der Waals surface area contributed by atoms with Gasteiger partial charge in [0.25, 0.3) is 0 Å². The van der Waals surface area contributed by atoms with Crippen LogP contribution < -0.4 is 16.0 Å². The van der Waals surface area contributed by atoms with Crippen molar-refractivity contribution in [3.05, 3.63) is 0 Å². The first-order valence-corrected chi connectivity index (χ1v) is 12.1. The molecule has 0 heterocycles. The Balaban J connectivity index is 5.24. The van der Waals surface area contributed by atoms with Gasteiger partial charge in [0.05, 0.1) is 6.10 Å². The Labute approximate surface area is 199 Å². The normalized spacial score (nSPS) is 14.1. The Morgan fingerprint density at radius 1 is 0.970 bits per heavy atom. The quantitative estimate of drug-likeness (QED) is 0.358. The number of ether oxygens (including phenoxy) is 1. The lowest BCUT2D eigenvalue weighted by atomic mass is 9.85. The van der Waals surface area contributed by atoms with E-state index in [4.69, 9.17) is 4.74 Å². The largest absolute Gasteiger partial charge is 0.461 e. The summed E-state index contributed by atoms with van der Waals surface area (Å²) in [6, 6.07) is -2.22. The number of amides is 4. The summed E-state index contributed by atoms with van der Waals surface area (Å²) in [4.78, 5) is 52.1. The molecule has 0 aliphatic carbocycles. The third-order valence-electron chi connectivity index (χ3n) is 5.20. The summed E-state index contributed by atoms with van der Waals surface area (Å²) >= 11 is 0. The van der Waals surface area contributed by atoms with Gasteiger partial charge in [-0.05, 0) is 46.0 Å². The van der Waals surface area contributed by atoms with E-state index >= 15 is 0 Å². The Hall–Kier alpha value is -2.32. The van der Waals surface area contributed by atoms with Crippen molar-refractivity contribution in [3.8, 4) is 0 Å². The Morgan fingerprint density at radius 2 is 1.58 bits per heavy atom. The number of carbonyl (C=O) groups is 4. The van der Waals surface area contributed by atoms with Gasteiger partial charge in [-0.25, -0.2) is 4.79 Å². The summed E-state index contributed by atoms with van der Waals surface area (Å²) in [6.45, 7) is 16.8. The predicted octanol–water partition coefficient (Wildman–Crippen LogP) is 2.97. The number of rotatable bonds is 13. The van der Waals surface area contributed by atoms with Gasteiger partial charge in [-0.3, -0.25) is 14.4 Å². The van der Waals surface area contributed by atoms with Crippen molar-refractivity contribution in [3.63, 3.8) is 0 Å². The Bertz CT molecular complexity index is 645. The first-order chi connectivity index (χ1) is 15.3. The monoisotopic (exact) mass is 470 g/mol. The Morgan fingerprint density at radius 3 is 2.03 bits per heavy atom. The molecule has 0 aliphatic rings. The summed E-state index contributed by atoms with van der Waals surface area (Å²) < 4.78 is 5.28. The molecular weight excluding hydrogens is 424 g/mol. The second-order valence-electron chi connectivity index (χ2n) is 9.78. The number of nitrogens with one attached hydrogen (secondary N) is 3. The minimum absolute atomic E-state index is 0.0490. The molecule has 3 atom stereocenters. The number of unbranched alkanes of at least 4 members (excludes halogenated alkanes) is 1. The van der Waals surface area contributed by atoms with Crippen molar-refractivity contribution in [1.82, 2.24) is 20.9 Å². The van der Waals surface area contributed by atoms with Crippen molar-refractivity contribution < 1.29 is 23.9 Å². The molecule has 0 aromatic rings.